The average molecular weight is 240 g/mol. The lowest BCUT2D eigenvalue weighted by Crippen LogP contribution is -1.97. The number of oxime groups is 1. The van der Waals surface area contributed by atoms with E-state index in [0.29, 0.717) is 10.6 Å². The van der Waals surface area contributed by atoms with Crippen molar-refractivity contribution in [1.82, 2.24) is 0 Å². The van der Waals surface area contributed by atoms with Gasteiger partial charge >= 0.3 is 0 Å². The summed E-state index contributed by atoms with van der Waals surface area (Å²) in [7, 11) is 0. The Morgan fingerprint density at radius 3 is 3.00 bits per heavy atom. The van der Waals surface area contributed by atoms with E-state index in [-0.39, 0.29) is 17.7 Å². The van der Waals surface area contributed by atoms with Crippen LogP contribution in [-0.4, -0.2) is 10.9 Å². The summed E-state index contributed by atoms with van der Waals surface area (Å²) < 4.78 is 13.9. The van der Waals surface area contributed by atoms with Crippen molar-refractivity contribution in [3.8, 4) is 0 Å². The first kappa shape index (κ1) is 10.1. The molecule has 1 fully saturated rings. The van der Waals surface area contributed by atoms with Gasteiger partial charge in [-0.15, -0.1) is 0 Å². The third-order valence-electron chi connectivity index (χ3n) is 3.56. The van der Waals surface area contributed by atoms with Crippen molar-refractivity contribution < 1.29 is 9.60 Å². The molecule has 1 aromatic carbocycles. The summed E-state index contributed by atoms with van der Waals surface area (Å²) in [4.78, 5) is 0. The number of fused-ring (bicyclic) bond motifs is 3. The van der Waals surface area contributed by atoms with Gasteiger partial charge in [-0.1, -0.05) is 16.8 Å². The van der Waals surface area contributed by atoms with Crippen molar-refractivity contribution in [2.45, 2.75) is 25.2 Å². The molecular formula is C12H11ClFNO. The number of rotatable bonds is 0. The molecular weight excluding hydrogens is 229 g/mol. The van der Waals surface area contributed by atoms with Gasteiger partial charge in [0.15, 0.2) is 0 Å². The lowest BCUT2D eigenvalue weighted by atomic mass is 10.0. The molecule has 0 saturated heterocycles. The maximum absolute atomic E-state index is 13.9. The van der Waals surface area contributed by atoms with E-state index < -0.39 is 0 Å². The summed E-state index contributed by atoms with van der Waals surface area (Å²) in [5.74, 6) is -0.0419. The summed E-state index contributed by atoms with van der Waals surface area (Å²) in [6, 6.07) is 3.17. The molecule has 1 saturated carbocycles. The molecule has 2 unspecified atom stereocenters. The van der Waals surface area contributed by atoms with Crippen LogP contribution in [0.2, 0.25) is 5.02 Å². The zero-order valence-electron chi connectivity index (χ0n) is 8.58. The van der Waals surface area contributed by atoms with Gasteiger partial charge in [0.1, 0.15) is 5.82 Å². The van der Waals surface area contributed by atoms with E-state index in [4.69, 9.17) is 16.8 Å². The van der Waals surface area contributed by atoms with Crippen LogP contribution in [0.5, 0.6) is 0 Å². The molecule has 0 bridgehead atoms. The van der Waals surface area contributed by atoms with Crippen LogP contribution in [0.15, 0.2) is 17.3 Å². The number of hydrogen-bond donors (Lipinski definition) is 1. The molecule has 16 heavy (non-hydrogen) atoms. The second-order valence-electron chi connectivity index (χ2n) is 4.46. The number of benzene rings is 1. The van der Waals surface area contributed by atoms with Crippen LogP contribution >= 0.6 is 11.6 Å². The van der Waals surface area contributed by atoms with E-state index in [1.54, 1.807) is 0 Å². The fourth-order valence-electron chi connectivity index (χ4n) is 2.81. The lowest BCUT2D eigenvalue weighted by molar-refractivity contribution is 0.319. The summed E-state index contributed by atoms with van der Waals surface area (Å²) >= 11 is 5.85. The number of nitrogens with zero attached hydrogens (tertiary/aromatic N) is 1. The van der Waals surface area contributed by atoms with Gasteiger partial charge in [-0.2, -0.15) is 0 Å². The second-order valence-corrected chi connectivity index (χ2v) is 4.90. The highest BCUT2D eigenvalue weighted by Gasteiger charge is 2.50. The highest BCUT2D eigenvalue weighted by molar-refractivity contribution is 6.30. The molecule has 2 aliphatic carbocycles. The first-order chi connectivity index (χ1) is 7.72. The molecule has 0 amide bonds. The van der Waals surface area contributed by atoms with Crippen molar-refractivity contribution in [3.05, 3.63) is 34.1 Å². The molecule has 0 heterocycles. The van der Waals surface area contributed by atoms with Crippen molar-refractivity contribution in [2.24, 2.45) is 11.1 Å². The minimum Gasteiger partial charge on any atom is -0.411 e. The van der Waals surface area contributed by atoms with E-state index in [1.165, 1.54) is 6.07 Å². The quantitative estimate of drug-likeness (QED) is 0.547. The highest BCUT2D eigenvalue weighted by Crippen LogP contribution is 2.51. The number of halogens is 2. The largest absolute Gasteiger partial charge is 0.411 e. The summed E-state index contributed by atoms with van der Waals surface area (Å²) in [6.07, 6.45) is 2.82. The van der Waals surface area contributed by atoms with Crippen LogP contribution < -0.4 is 0 Å². The summed E-state index contributed by atoms with van der Waals surface area (Å²) in [5.41, 5.74) is 2.39. The summed E-state index contributed by atoms with van der Waals surface area (Å²) in [5, 5.41) is 12.5. The monoisotopic (exact) mass is 239 g/mol. The van der Waals surface area contributed by atoms with E-state index in [0.717, 1.165) is 30.5 Å². The Morgan fingerprint density at radius 2 is 2.25 bits per heavy atom. The molecule has 2 atom stereocenters. The van der Waals surface area contributed by atoms with Crippen molar-refractivity contribution >= 4 is 17.3 Å². The Hall–Kier alpha value is -1.09. The summed E-state index contributed by atoms with van der Waals surface area (Å²) in [6.45, 7) is 0. The van der Waals surface area contributed by atoms with Gasteiger partial charge in [0.2, 0.25) is 0 Å². The molecule has 3 rings (SSSR count). The van der Waals surface area contributed by atoms with Gasteiger partial charge < -0.3 is 5.21 Å². The maximum atomic E-state index is 13.9. The van der Waals surface area contributed by atoms with Crippen LogP contribution in [0, 0.1) is 11.7 Å². The van der Waals surface area contributed by atoms with Gasteiger partial charge in [-0.3, -0.25) is 0 Å². The zero-order valence-corrected chi connectivity index (χ0v) is 9.34. The Morgan fingerprint density at radius 1 is 1.44 bits per heavy atom. The molecule has 0 aliphatic heterocycles. The van der Waals surface area contributed by atoms with Gasteiger partial charge in [0, 0.05) is 22.4 Å². The van der Waals surface area contributed by atoms with Crippen molar-refractivity contribution in [2.75, 3.05) is 0 Å². The normalized spacial score (nSPS) is 29.5. The smallest absolute Gasteiger partial charge is 0.128 e. The second kappa shape index (κ2) is 3.45. The number of aryl methyl sites for hydroxylation is 1. The first-order valence-corrected chi connectivity index (χ1v) is 5.80. The Bertz CT molecular complexity index is 486. The van der Waals surface area contributed by atoms with E-state index in [1.807, 2.05) is 6.07 Å². The minimum atomic E-state index is -0.266. The molecule has 2 aliphatic rings. The molecule has 4 heteroatoms. The molecule has 0 spiro atoms. The molecule has 0 radical (unpaired) electrons. The third-order valence-corrected chi connectivity index (χ3v) is 3.78. The highest BCUT2D eigenvalue weighted by atomic mass is 35.5. The van der Waals surface area contributed by atoms with E-state index in [2.05, 4.69) is 5.16 Å². The van der Waals surface area contributed by atoms with Gasteiger partial charge in [-0.05, 0) is 37.0 Å². The average Bonchev–Trinajstić information content (AvgIpc) is 2.91. The van der Waals surface area contributed by atoms with Crippen LogP contribution in [-0.2, 0) is 6.42 Å². The zero-order chi connectivity index (χ0) is 11.3. The molecule has 1 N–H and O–H groups in total. The predicted octanol–water partition coefficient (Wildman–Crippen LogP) is 3.36. The minimum absolute atomic E-state index is 0.0141. The van der Waals surface area contributed by atoms with Crippen LogP contribution in [0.4, 0.5) is 4.39 Å². The molecule has 0 aromatic heterocycles. The van der Waals surface area contributed by atoms with E-state index >= 15 is 0 Å². The number of hydrogen-bond acceptors (Lipinski definition) is 2. The first-order valence-electron chi connectivity index (χ1n) is 5.42. The molecule has 1 aromatic rings. The van der Waals surface area contributed by atoms with Crippen LogP contribution in [0.3, 0.4) is 0 Å². The van der Waals surface area contributed by atoms with Gasteiger partial charge in [0.25, 0.3) is 0 Å². The maximum Gasteiger partial charge on any atom is 0.128 e. The Kier molecular flexibility index (Phi) is 2.18. The molecule has 84 valence electrons. The Labute approximate surface area is 97.7 Å². The predicted molar refractivity (Wildman–Crippen MR) is 59.8 cm³/mol. The third kappa shape index (κ3) is 1.34. The SMILES string of the molecule is O/N=C1/C2CCCc3cc(Cl)cc(F)c3C12. The fraction of sp³-hybridized carbons (Fsp3) is 0.417. The molecule has 2 nitrogen and oxygen atoms in total. The Balaban J connectivity index is 2.15. The standard InChI is InChI=1S/C12H11ClFNO/c13-7-4-6-2-1-3-8-11(12(8)15-16)10(6)9(14)5-7/h4-5,8,11,16H,1-3H2/b15-12-. The fourth-order valence-corrected chi connectivity index (χ4v) is 3.04. The van der Waals surface area contributed by atoms with Crippen LogP contribution in [0.1, 0.15) is 29.9 Å². The van der Waals surface area contributed by atoms with Gasteiger partial charge in [-0.25, -0.2) is 4.39 Å². The van der Waals surface area contributed by atoms with E-state index in [9.17, 15) is 4.39 Å². The lowest BCUT2D eigenvalue weighted by Gasteiger charge is -2.08. The van der Waals surface area contributed by atoms with Crippen LogP contribution in [0.25, 0.3) is 0 Å². The topological polar surface area (TPSA) is 32.6 Å². The van der Waals surface area contributed by atoms with Crippen molar-refractivity contribution in [3.63, 3.8) is 0 Å². The van der Waals surface area contributed by atoms with Crippen molar-refractivity contribution in [1.29, 1.82) is 0 Å². The van der Waals surface area contributed by atoms with Gasteiger partial charge in [0.05, 0.1) is 5.71 Å².